The number of H-pyrrole nitrogens is 1. The molecule has 0 aliphatic heterocycles. The summed E-state index contributed by atoms with van der Waals surface area (Å²) in [6.45, 7) is 4.94. The van der Waals surface area contributed by atoms with Crippen molar-refractivity contribution in [1.29, 1.82) is 0 Å². The Morgan fingerprint density at radius 1 is 1.42 bits per heavy atom. The van der Waals surface area contributed by atoms with Gasteiger partial charge in [0, 0.05) is 24.6 Å². The number of benzene rings is 1. The van der Waals surface area contributed by atoms with Gasteiger partial charge in [-0.15, -0.1) is 0 Å². The molecule has 1 fully saturated rings. The van der Waals surface area contributed by atoms with Crippen LogP contribution in [0.5, 0.6) is 5.75 Å². The van der Waals surface area contributed by atoms with E-state index in [-0.39, 0.29) is 17.4 Å². The van der Waals surface area contributed by atoms with Gasteiger partial charge in [-0.05, 0) is 54.7 Å². The minimum atomic E-state index is 0.0637. The van der Waals surface area contributed by atoms with Gasteiger partial charge in [0.2, 0.25) is 5.91 Å². The van der Waals surface area contributed by atoms with E-state index < -0.39 is 0 Å². The fourth-order valence-electron chi connectivity index (χ4n) is 3.56. The zero-order chi connectivity index (χ0) is 18.7. The third-order valence-electron chi connectivity index (χ3n) is 5.26. The van der Waals surface area contributed by atoms with Crippen LogP contribution in [0.4, 0.5) is 0 Å². The summed E-state index contributed by atoms with van der Waals surface area (Å²) in [6.07, 6.45) is 3.77. The molecule has 1 heterocycles. The van der Waals surface area contributed by atoms with Crippen LogP contribution >= 0.6 is 12.2 Å². The first kappa shape index (κ1) is 18.6. The Bertz CT molecular complexity index is 823. The molecule has 1 aromatic heterocycles. The summed E-state index contributed by atoms with van der Waals surface area (Å²) in [5.74, 6) is 1.58. The second-order valence-electron chi connectivity index (χ2n) is 7.48. The van der Waals surface area contributed by atoms with E-state index in [0.717, 1.165) is 30.0 Å². The monoisotopic (exact) mass is 374 g/mol. The van der Waals surface area contributed by atoms with Gasteiger partial charge in [0.15, 0.2) is 10.6 Å². The van der Waals surface area contributed by atoms with Gasteiger partial charge >= 0.3 is 0 Å². The van der Waals surface area contributed by atoms with E-state index in [1.54, 1.807) is 7.11 Å². The molecule has 0 spiro atoms. The molecule has 0 unspecified atom stereocenters. The molecule has 7 heteroatoms. The van der Waals surface area contributed by atoms with Crippen LogP contribution in [0.15, 0.2) is 24.3 Å². The van der Waals surface area contributed by atoms with Gasteiger partial charge in [-0.25, -0.2) is 0 Å². The molecule has 0 radical (unpaired) electrons. The van der Waals surface area contributed by atoms with Crippen LogP contribution < -0.4 is 10.1 Å². The highest BCUT2D eigenvalue weighted by atomic mass is 32.1. The van der Waals surface area contributed by atoms with Gasteiger partial charge < -0.3 is 10.1 Å². The van der Waals surface area contributed by atoms with Crippen molar-refractivity contribution in [3.8, 4) is 17.1 Å². The zero-order valence-corrected chi connectivity index (χ0v) is 16.4. The first-order chi connectivity index (χ1) is 12.4. The Hall–Kier alpha value is -2.15. The molecule has 3 rings (SSSR count). The number of ether oxygens (including phenoxy) is 1. The lowest BCUT2D eigenvalue weighted by Gasteiger charge is -2.27. The van der Waals surface area contributed by atoms with Gasteiger partial charge in [-0.1, -0.05) is 20.3 Å². The van der Waals surface area contributed by atoms with Crippen LogP contribution in [0.25, 0.3) is 11.4 Å². The maximum absolute atomic E-state index is 12.4. The number of rotatable bonds is 6. The minimum Gasteiger partial charge on any atom is -0.497 e. The lowest BCUT2D eigenvalue weighted by molar-refractivity contribution is -0.122. The Labute approximate surface area is 159 Å². The number of hydrogen-bond donors (Lipinski definition) is 2. The predicted molar refractivity (Wildman–Crippen MR) is 104 cm³/mol. The van der Waals surface area contributed by atoms with Crippen molar-refractivity contribution in [1.82, 2.24) is 20.1 Å². The van der Waals surface area contributed by atoms with Gasteiger partial charge in [-0.3, -0.25) is 14.5 Å². The maximum Gasteiger partial charge on any atom is 0.222 e. The minimum absolute atomic E-state index is 0.0637. The SMILES string of the molecule is COc1ccc(-c2n[nH]c(=S)n2CCC(=O)N[C@H]2CCCC2(C)C)cc1. The van der Waals surface area contributed by atoms with Gasteiger partial charge in [0.1, 0.15) is 5.75 Å². The largest absolute Gasteiger partial charge is 0.497 e. The lowest BCUT2D eigenvalue weighted by Crippen LogP contribution is -2.41. The highest BCUT2D eigenvalue weighted by Crippen LogP contribution is 2.37. The second-order valence-corrected chi connectivity index (χ2v) is 7.87. The number of carbonyl (C=O) groups is 1. The smallest absolute Gasteiger partial charge is 0.222 e. The van der Waals surface area contributed by atoms with E-state index in [1.807, 2.05) is 28.8 Å². The van der Waals surface area contributed by atoms with E-state index in [1.165, 1.54) is 6.42 Å². The number of carbonyl (C=O) groups excluding carboxylic acids is 1. The summed E-state index contributed by atoms with van der Waals surface area (Å²) in [5.41, 5.74) is 1.10. The summed E-state index contributed by atoms with van der Waals surface area (Å²) in [6, 6.07) is 7.88. The van der Waals surface area contributed by atoms with Crippen LogP contribution in [0.2, 0.25) is 0 Å². The quantitative estimate of drug-likeness (QED) is 0.756. The van der Waals surface area contributed by atoms with Crippen molar-refractivity contribution >= 4 is 18.1 Å². The summed E-state index contributed by atoms with van der Waals surface area (Å²) >= 11 is 5.34. The summed E-state index contributed by atoms with van der Waals surface area (Å²) in [5, 5.41) is 10.3. The third kappa shape index (κ3) is 3.98. The second kappa shape index (κ2) is 7.61. The number of methoxy groups -OCH3 is 1. The molecule has 1 aliphatic rings. The van der Waals surface area contributed by atoms with Gasteiger partial charge in [0.25, 0.3) is 0 Å². The molecule has 0 bridgehead atoms. The molecule has 1 aromatic carbocycles. The number of nitrogens with zero attached hydrogens (tertiary/aromatic N) is 2. The molecular formula is C19H26N4O2S. The number of hydrogen-bond acceptors (Lipinski definition) is 4. The molecule has 2 aromatic rings. The predicted octanol–water partition coefficient (Wildman–Crippen LogP) is 3.70. The fraction of sp³-hybridized carbons (Fsp3) is 0.526. The average Bonchev–Trinajstić information content (AvgIpc) is 3.15. The van der Waals surface area contributed by atoms with Crippen LogP contribution in [0, 0.1) is 10.2 Å². The van der Waals surface area contributed by atoms with Gasteiger partial charge in [-0.2, -0.15) is 5.10 Å². The van der Waals surface area contributed by atoms with Crippen molar-refractivity contribution in [2.45, 2.75) is 52.1 Å². The first-order valence-corrected chi connectivity index (χ1v) is 9.40. The van der Waals surface area contributed by atoms with Crippen LogP contribution in [0.1, 0.15) is 39.5 Å². The maximum atomic E-state index is 12.4. The molecule has 1 atom stereocenters. The summed E-state index contributed by atoms with van der Waals surface area (Å²) in [7, 11) is 1.63. The molecule has 2 N–H and O–H groups in total. The third-order valence-corrected chi connectivity index (χ3v) is 5.57. The normalized spacial score (nSPS) is 18.7. The van der Waals surface area contributed by atoms with E-state index in [4.69, 9.17) is 17.0 Å². The standard InChI is InChI=1S/C19H26N4O2S/c1-19(2)11-4-5-15(19)20-16(24)10-12-23-17(21-22-18(23)26)13-6-8-14(25-3)9-7-13/h6-9,15H,4-5,10-12H2,1-3H3,(H,20,24)(H,22,26)/t15-/m0/s1. The van der Waals surface area contributed by atoms with Crippen LogP contribution in [-0.2, 0) is 11.3 Å². The summed E-state index contributed by atoms with van der Waals surface area (Å²) in [4.78, 5) is 12.4. The topological polar surface area (TPSA) is 71.9 Å². The molecule has 26 heavy (non-hydrogen) atoms. The van der Waals surface area contributed by atoms with Crippen molar-refractivity contribution in [3.05, 3.63) is 29.0 Å². The Morgan fingerprint density at radius 2 is 2.15 bits per heavy atom. The number of aromatic amines is 1. The zero-order valence-electron chi connectivity index (χ0n) is 15.5. The highest BCUT2D eigenvalue weighted by molar-refractivity contribution is 7.71. The lowest BCUT2D eigenvalue weighted by atomic mass is 9.87. The fourth-order valence-corrected chi connectivity index (χ4v) is 3.78. The van der Waals surface area contributed by atoms with E-state index in [2.05, 4.69) is 29.4 Å². The Kier molecular flexibility index (Phi) is 5.46. The Morgan fingerprint density at radius 3 is 2.77 bits per heavy atom. The van der Waals surface area contributed by atoms with E-state index in [9.17, 15) is 4.79 Å². The van der Waals surface area contributed by atoms with Crippen molar-refractivity contribution in [3.63, 3.8) is 0 Å². The molecule has 0 saturated heterocycles. The first-order valence-electron chi connectivity index (χ1n) is 9.00. The van der Waals surface area contributed by atoms with Crippen molar-refractivity contribution in [2.75, 3.05) is 7.11 Å². The molecule has 1 saturated carbocycles. The van der Waals surface area contributed by atoms with Crippen LogP contribution in [0.3, 0.4) is 0 Å². The molecule has 6 nitrogen and oxygen atoms in total. The Balaban J connectivity index is 1.67. The van der Waals surface area contributed by atoms with E-state index >= 15 is 0 Å². The van der Waals surface area contributed by atoms with Crippen molar-refractivity contribution < 1.29 is 9.53 Å². The average molecular weight is 375 g/mol. The van der Waals surface area contributed by atoms with Crippen molar-refractivity contribution in [2.24, 2.45) is 5.41 Å². The number of amides is 1. The number of aromatic nitrogens is 3. The number of nitrogens with one attached hydrogen (secondary N) is 2. The molecular weight excluding hydrogens is 348 g/mol. The molecule has 1 amide bonds. The van der Waals surface area contributed by atoms with Crippen LogP contribution in [-0.4, -0.2) is 33.8 Å². The molecule has 140 valence electrons. The van der Waals surface area contributed by atoms with Gasteiger partial charge in [0.05, 0.1) is 7.11 Å². The highest BCUT2D eigenvalue weighted by Gasteiger charge is 2.35. The van der Waals surface area contributed by atoms with E-state index in [0.29, 0.717) is 17.7 Å². The molecule has 1 aliphatic carbocycles. The summed E-state index contributed by atoms with van der Waals surface area (Å²) < 4.78 is 7.58.